The molecule has 0 amide bonds. The van der Waals surface area contributed by atoms with Gasteiger partial charge < -0.3 is 5.32 Å². The summed E-state index contributed by atoms with van der Waals surface area (Å²) in [5.41, 5.74) is -0.691. The first-order valence-corrected chi connectivity index (χ1v) is 4.33. The Bertz CT molecular complexity index is 366. The molecular formula is C10H9F3N2. The van der Waals surface area contributed by atoms with Crippen LogP contribution in [0.3, 0.4) is 0 Å². The van der Waals surface area contributed by atoms with Gasteiger partial charge in [0, 0.05) is 12.2 Å². The minimum atomic E-state index is -4.36. The lowest BCUT2D eigenvalue weighted by atomic mass is 10.1. The van der Waals surface area contributed by atoms with E-state index in [0.717, 1.165) is 6.07 Å². The van der Waals surface area contributed by atoms with E-state index in [1.165, 1.54) is 18.2 Å². The first kappa shape index (κ1) is 11.4. The lowest BCUT2D eigenvalue weighted by molar-refractivity contribution is -0.136. The van der Waals surface area contributed by atoms with Crippen LogP contribution in [0.1, 0.15) is 12.0 Å². The zero-order valence-corrected chi connectivity index (χ0v) is 7.80. The van der Waals surface area contributed by atoms with E-state index in [4.69, 9.17) is 5.26 Å². The van der Waals surface area contributed by atoms with Gasteiger partial charge in [-0.15, -0.1) is 0 Å². The maximum atomic E-state index is 12.5. The molecule has 2 nitrogen and oxygen atoms in total. The highest BCUT2D eigenvalue weighted by atomic mass is 19.4. The predicted octanol–water partition coefficient (Wildman–Crippen LogP) is 3.03. The Morgan fingerprint density at radius 2 is 1.93 bits per heavy atom. The number of para-hydroxylation sites is 1. The second-order valence-electron chi connectivity index (χ2n) is 2.88. The van der Waals surface area contributed by atoms with Gasteiger partial charge in [-0.1, -0.05) is 12.1 Å². The van der Waals surface area contributed by atoms with Crippen molar-refractivity contribution in [3.8, 4) is 6.07 Å². The van der Waals surface area contributed by atoms with E-state index in [9.17, 15) is 13.2 Å². The van der Waals surface area contributed by atoms with Gasteiger partial charge in [0.15, 0.2) is 0 Å². The average Bonchev–Trinajstić information content (AvgIpc) is 2.17. The van der Waals surface area contributed by atoms with E-state index >= 15 is 0 Å². The zero-order valence-electron chi connectivity index (χ0n) is 7.80. The highest BCUT2D eigenvalue weighted by Crippen LogP contribution is 2.34. The number of nitrogens with one attached hydrogen (secondary N) is 1. The summed E-state index contributed by atoms with van der Waals surface area (Å²) < 4.78 is 37.4. The van der Waals surface area contributed by atoms with Crippen LogP contribution in [0.4, 0.5) is 18.9 Å². The van der Waals surface area contributed by atoms with Crippen LogP contribution in [0.5, 0.6) is 0 Å². The van der Waals surface area contributed by atoms with Crippen molar-refractivity contribution in [2.45, 2.75) is 12.6 Å². The lowest BCUT2D eigenvalue weighted by Gasteiger charge is -2.13. The highest BCUT2D eigenvalue weighted by molar-refractivity contribution is 5.52. The van der Waals surface area contributed by atoms with E-state index in [0.29, 0.717) is 0 Å². The third-order valence-electron chi connectivity index (χ3n) is 1.78. The molecule has 1 aromatic rings. The van der Waals surface area contributed by atoms with Crippen LogP contribution in [-0.4, -0.2) is 6.54 Å². The molecule has 0 bridgehead atoms. The molecule has 1 aromatic carbocycles. The molecule has 80 valence electrons. The number of anilines is 1. The van der Waals surface area contributed by atoms with Crippen LogP contribution in [0, 0.1) is 11.3 Å². The number of hydrogen-bond donors (Lipinski definition) is 1. The topological polar surface area (TPSA) is 35.8 Å². The average molecular weight is 214 g/mol. The van der Waals surface area contributed by atoms with Crippen LogP contribution in [0.15, 0.2) is 24.3 Å². The maximum Gasteiger partial charge on any atom is 0.418 e. The number of nitriles is 1. The van der Waals surface area contributed by atoms with Gasteiger partial charge in [0.1, 0.15) is 0 Å². The molecule has 1 rings (SSSR count). The monoisotopic (exact) mass is 214 g/mol. The maximum absolute atomic E-state index is 12.5. The molecule has 0 aliphatic rings. The first-order valence-electron chi connectivity index (χ1n) is 4.33. The van der Waals surface area contributed by atoms with Gasteiger partial charge in [-0.3, -0.25) is 0 Å². The molecule has 0 heterocycles. The van der Waals surface area contributed by atoms with E-state index in [-0.39, 0.29) is 18.7 Å². The van der Waals surface area contributed by atoms with Gasteiger partial charge in [-0.05, 0) is 12.1 Å². The van der Waals surface area contributed by atoms with Crippen LogP contribution in [0.25, 0.3) is 0 Å². The number of benzene rings is 1. The minimum Gasteiger partial charge on any atom is -0.384 e. The second-order valence-corrected chi connectivity index (χ2v) is 2.88. The van der Waals surface area contributed by atoms with Gasteiger partial charge in [0.2, 0.25) is 0 Å². The van der Waals surface area contributed by atoms with E-state index in [2.05, 4.69) is 5.32 Å². The van der Waals surface area contributed by atoms with Crippen molar-refractivity contribution in [1.29, 1.82) is 5.26 Å². The van der Waals surface area contributed by atoms with Gasteiger partial charge >= 0.3 is 6.18 Å². The third-order valence-corrected chi connectivity index (χ3v) is 1.78. The molecule has 0 fully saturated rings. The Balaban J connectivity index is 2.83. The van der Waals surface area contributed by atoms with Crippen molar-refractivity contribution in [3.63, 3.8) is 0 Å². The fourth-order valence-corrected chi connectivity index (χ4v) is 1.14. The van der Waals surface area contributed by atoms with Gasteiger partial charge in [0.05, 0.1) is 18.1 Å². The molecular weight excluding hydrogens is 205 g/mol. The quantitative estimate of drug-likeness (QED) is 0.785. The Kier molecular flexibility index (Phi) is 3.56. The molecule has 0 atom stereocenters. The molecule has 0 aliphatic heterocycles. The molecule has 0 aromatic heterocycles. The minimum absolute atomic E-state index is 0.0141. The van der Waals surface area contributed by atoms with Crippen molar-refractivity contribution >= 4 is 5.69 Å². The van der Waals surface area contributed by atoms with Crippen molar-refractivity contribution in [2.75, 3.05) is 11.9 Å². The molecule has 15 heavy (non-hydrogen) atoms. The van der Waals surface area contributed by atoms with E-state index < -0.39 is 11.7 Å². The zero-order chi connectivity index (χ0) is 11.3. The van der Waals surface area contributed by atoms with Crippen molar-refractivity contribution in [3.05, 3.63) is 29.8 Å². The fourth-order valence-electron chi connectivity index (χ4n) is 1.14. The lowest BCUT2D eigenvalue weighted by Crippen LogP contribution is -2.11. The van der Waals surface area contributed by atoms with Gasteiger partial charge in [0.25, 0.3) is 0 Å². The summed E-state index contributed by atoms with van der Waals surface area (Å²) in [7, 11) is 0. The summed E-state index contributed by atoms with van der Waals surface area (Å²) in [5, 5.41) is 10.8. The molecule has 1 N–H and O–H groups in total. The first-order chi connectivity index (χ1) is 7.05. The standard InChI is InChI=1S/C10H9F3N2/c11-10(12,13)8-4-1-2-5-9(8)15-7-3-6-14/h1-2,4-5,15H,3,7H2. The number of rotatable bonds is 3. The summed E-state index contributed by atoms with van der Waals surface area (Å²) in [6.45, 7) is 0.212. The Labute approximate surface area is 85.3 Å². The molecule has 0 aliphatic carbocycles. The van der Waals surface area contributed by atoms with Crippen LogP contribution in [0.2, 0.25) is 0 Å². The normalized spacial score (nSPS) is 10.8. The summed E-state index contributed by atoms with van der Waals surface area (Å²) in [5.74, 6) is 0. The van der Waals surface area contributed by atoms with E-state index in [1.807, 2.05) is 6.07 Å². The van der Waals surface area contributed by atoms with Crippen LogP contribution >= 0.6 is 0 Å². The molecule has 0 saturated heterocycles. The van der Waals surface area contributed by atoms with Crippen LogP contribution < -0.4 is 5.32 Å². The molecule has 0 saturated carbocycles. The SMILES string of the molecule is N#CCCNc1ccccc1C(F)(F)F. The van der Waals surface area contributed by atoms with Gasteiger partial charge in [-0.2, -0.15) is 18.4 Å². The fraction of sp³-hybridized carbons (Fsp3) is 0.300. The van der Waals surface area contributed by atoms with Crippen molar-refractivity contribution < 1.29 is 13.2 Å². The van der Waals surface area contributed by atoms with Crippen LogP contribution in [-0.2, 0) is 6.18 Å². The Morgan fingerprint density at radius 3 is 2.53 bits per heavy atom. The summed E-state index contributed by atoms with van der Waals surface area (Å²) in [6.07, 6.45) is -4.19. The van der Waals surface area contributed by atoms with Gasteiger partial charge in [-0.25, -0.2) is 0 Å². The predicted molar refractivity (Wildman–Crippen MR) is 50.2 cm³/mol. The third kappa shape index (κ3) is 3.17. The molecule has 0 unspecified atom stereocenters. The smallest absolute Gasteiger partial charge is 0.384 e. The highest BCUT2D eigenvalue weighted by Gasteiger charge is 2.32. The Morgan fingerprint density at radius 1 is 1.27 bits per heavy atom. The molecule has 0 spiro atoms. The molecule has 0 radical (unpaired) electrons. The number of nitrogens with zero attached hydrogens (tertiary/aromatic N) is 1. The number of hydrogen-bond acceptors (Lipinski definition) is 2. The second kappa shape index (κ2) is 4.69. The van der Waals surface area contributed by atoms with Crippen molar-refractivity contribution in [1.82, 2.24) is 0 Å². The van der Waals surface area contributed by atoms with E-state index in [1.54, 1.807) is 0 Å². The Hall–Kier alpha value is -1.70. The summed E-state index contributed by atoms with van der Waals surface area (Å²) in [4.78, 5) is 0. The largest absolute Gasteiger partial charge is 0.418 e. The summed E-state index contributed by atoms with van der Waals surface area (Å²) in [6, 6.07) is 7.06. The number of alkyl halides is 3. The van der Waals surface area contributed by atoms with Crippen molar-refractivity contribution in [2.24, 2.45) is 0 Å². The summed E-state index contributed by atoms with van der Waals surface area (Å²) >= 11 is 0. The molecule has 5 heteroatoms. The number of halogens is 3.